The van der Waals surface area contributed by atoms with E-state index in [2.05, 4.69) is 30.5 Å². The fourth-order valence-electron chi connectivity index (χ4n) is 4.55. The van der Waals surface area contributed by atoms with Crippen LogP contribution in [-0.2, 0) is 24.2 Å². The first-order chi connectivity index (χ1) is 14.5. The summed E-state index contributed by atoms with van der Waals surface area (Å²) in [5.74, 6) is -0.150. The molecule has 2 aliphatic rings. The molecule has 3 heterocycles. The highest BCUT2D eigenvalue weighted by atomic mass is 16.6. The number of aromatic amines is 1. The van der Waals surface area contributed by atoms with Crippen molar-refractivity contribution in [3.05, 3.63) is 28.3 Å². The number of piperidine rings is 1. The molecule has 1 unspecified atom stereocenters. The fraction of sp³-hybridized carbons (Fsp3) is 0.667. The molecule has 9 nitrogen and oxygen atoms in total. The summed E-state index contributed by atoms with van der Waals surface area (Å²) in [5, 5.41) is 18.0. The van der Waals surface area contributed by atoms with Crippen molar-refractivity contribution in [1.29, 1.82) is 0 Å². The van der Waals surface area contributed by atoms with Crippen molar-refractivity contribution in [2.45, 2.75) is 71.8 Å². The number of aromatic nitrogens is 4. The van der Waals surface area contributed by atoms with Crippen molar-refractivity contribution >= 4 is 11.8 Å². The van der Waals surface area contributed by atoms with Crippen molar-refractivity contribution in [2.24, 2.45) is 5.41 Å². The van der Waals surface area contributed by atoms with E-state index < -0.39 is 5.41 Å². The van der Waals surface area contributed by atoms with Gasteiger partial charge in [-0.2, -0.15) is 5.10 Å². The Morgan fingerprint density at radius 2 is 1.97 bits per heavy atom. The number of fused-ring (bicyclic) bond motifs is 1. The Morgan fingerprint density at radius 1 is 1.17 bits per heavy atom. The quantitative estimate of drug-likeness (QED) is 0.793. The lowest BCUT2D eigenvalue weighted by molar-refractivity contribution is -0.132. The third kappa shape index (κ3) is 4.11. The molecule has 0 spiro atoms. The number of hydrogen-bond acceptors (Lipinski definition) is 6. The molecule has 0 bridgehead atoms. The van der Waals surface area contributed by atoms with Crippen LogP contribution in [0, 0.1) is 12.3 Å². The monoisotopic (exact) mass is 414 g/mol. The molecule has 162 valence electrons. The minimum absolute atomic E-state index is 0.0663. The van der Waals surface area contributed by atoms with Gasteiger partial charge in [-0.3, -0.25) is 14.7 Å². The molecule has 0 saturated carbocycles. The first kappa shape index (κ1) is 20.6. The maximum absolute atomic E-state index is 13.3. The molecule has 1 aliphatic carbocycles. The summed E-state index contributed by atoms with van der Waals surface area (Å²) in [5.41, 5.74) is 3.35. The van der Waals surface area contributed by atoms with Gasteiger partial charge in [0.2, 0.25) is 5.91 Å². The third-order valence-corrected chi connectivity index (χ3v) is 6.45. The largest absolute Gasteiger partial charge is 0.350 e. The number of H-pyrrole nitrogens is 1. The van der Waals surface area contributed by atoms with Gasteiger partial charge in [-0.15, -0.1) is 0 Å². The first-order valence-corrected chi connectivity index (χ1v) is 10.9. The number of nitrogens with one attached hydrogen (secondary N) is 2. The molecular weight excluding hydrogens is 384 g/mol. The first-order valence-electron chi connectivity index (χ1n) is 10.9. The molecule has 30 heavy (non-hydrogen) atoms. The molecule has 2 N–H and O–H groups in total. The molecule has 0 aromatic carbocycles. The van der Waals surface area contributed by atoms with E-state index in [-0.39, 0.29) is 18.4 Å². The van der Waals surface area contributed by atoms with Crippen LogP contribution in [0.4, 0.5) is 0 Å². The molecule has 2 aromatic rings. The SMILES string of the molecule is Cc1nonc1CNC(=O)C1(C)CCCN(C(=O)c2n[nH]c3c2CCCCCC3)C1. The Balaban J connectivity index is 1.44. The van der Waals surface area contributed by atoms with Gasteiger partial charge < -0.3 is 10.2 Å². The predicted octanol–water partition coefficient (Wildman–Crippen LogP) is 2.32. The Bertz CT molecular complexity index is 920. The van der Waals surface area contributed by atoms with Crippen LogP contribution >= 0.6 is 0 Å². The molecule has 1 saturated heterocycles. The maximum atomic E-state index is 13.3. The van der Waals surface area contributed by atoms with Crippen molar-refractivity contribution in [3.63, 3.8) is 0 Å². The van der Waals surface area contributed by atoms with E-state index in [0.717, 1.165) is 49.8 Å². The highest BCUT2D eigenvalue weighted by Crippen LogP contribution is 2.31. The number of carbonyl (C=O) groups is 2. The van der Waals surface area contributed by atoms with Gasteiger partial charge in [0.15, 0.2) is 5.69 Å². The van der Waals surface area contributed by atoms with Crippen LogP contribution in [-0.4, -0.2) is 50.3 Å². The second-order valence-corrected chi connectivity index (χ2v) is 8.81. The summed E-state index contributed by atoms with van der Waals surface area (Å²) in [4.78, 5) is 28.1. The van der Waals surface area contributed by atoms with E-state index in [1.165, 1.54) is 12.8 Å². The second kappa shape index (κ2) is 8.57. The van der Waals surface area contributed by atoms with Crippen LogP contribution in [0.25, 0.3) is 0 Å². The van der Waals surface area contributed by atoms with E-state index in [4.69, 9.17) is 0 Å². The lowest BCUT2D eigenvalue weighted by Gasteiger charge is -2.39. The van der Waals surface area contributed by atoms with Gasteiger partial charge in [0, 0.05) is 24.3 Å². The number of nitrogens with zero attached hydrogens (tertiary/aromatic N) is 4. The van der Waals surface area contributed by atoms with Crippen molar-refractivity contribution in [1.82, 2.24) is 30.7 Å². The van der Waals surface area contributed by atoms with Gasteiger partial charge in [0.25, 0.3) is 5.91 Å². The summed E-state index contributed by atoms with van der Waals surface area (Å²) in [6.07, 6.45) is 8.00. The standard InChI is InChI=1S/C21H30N6O3/c1-14-17(26-30-25-14)12-22-20(29)21(2)10-7-11-27(13-21)19(28)18-15-8-5-3-4-6-9-16(15)23-24-18/h3-13H2,1-2H3,(H,22,29)(H,23,24). The van der Waals surface area contributed by atoms with Gasteiger partial charge in [0.05, 0.1) is 12.0 Å². The third-order valence-electron chi connectivity index (χ3n) is 6.45. The van der Waals surface area contributed by atoms with Gasteiger partial charge in [-0.25, -0.2) is 4.63 Å². The van der Waals surface area contributed by atoms with E-state index in [1.807, 2.05) is 6.92 Å². The summed E-state index contributed by atoms with van der Waals surface area (Å²) in [7, 11) is 0. The molecule has 9 heteroatoms. The number of likely N-dealkylation sites (tertiary alicyclic amines) is 1. The predicted molar refractivity (Wildman–Crippen MR) is 109 cm³/mol. The summed E-state index contributed by atoms with van der Waals surface area (Å²) < 4.78 is 4.69. The zero-order valence-electron chi connectivity index (χ0n) is 17.8. The van der Waals surface area contributed by atoms with Crippen LogP contribution in [0.2, 0.25) is 0 Å². The minimum Gasteiger partial charge on any atom is -0.350 e. The molecule has 2 aromatic heterocycles. The number of rotatable bonds is 4. The number of hydrogen-bond donors (Lipinski definition) is 2. The summed E-state index contributed by atoms with van der Waals surface area (Å²) in [6, 6.07) is 0. The Labute approximate surface area is 175 Å². The maximum Gasteiger partial charge on any atom is 0.274 e. The van der Waals surface area contributed by atoms with Crippen molar-refractivity contribution < 1.29 is 14.2 Å². The molecule has 1 atom stereocenters. The summed E-state index contributed by atoms with van der Waals surface area (Å²) in [6.45, 7) is 5.01. The lowest BCUT2D eigenvalue weighted by atomic mass is 9.80. The molecule has 4 rings (SSSR count). The highest BCUT2D eigenvalue weighted by molar-refractivity contribution is 5.95. The molecular formula is C21H30N6O3. The van der Waals surface area contributed by atoms with Crippen molar-refractivity contribution in [3.8, 4) is 0 Å². The van der Waals surface area contributed by atoms with E-state index >= 15 is 0 Å². The van der Waals surface area contributed by atoms with Gasteiger partial charge >= 0.3 is 0 Å². The Hall–Kier alpha value is -2.71. The highest BCUT2D eigenvalue weighted by Gasteiger charge is 2.40. The molecule has 1 aliphatic heterocycles. The van der Waals surface area contributed by atoms with Gasteiger partial charge in [-0.05, 0) is 52.4 Å². The minimum atomic E-state index is -0.649. The Kier molecular flexibility index (Phi) is 5.87. The van der Waals surface area contributed by atoms with E-state index in [9.17, 15) is 9.59 Å². The lowest BCUT2D eigenvalue weighted by Crippen LogP contribution is -2.52. The van der Waals surface area contributed by atoms with E-state index in [0.29, 0.717) is 30.2 Å². The smallest absolute Gasteiger partial charge is 0.274 e. The van der Waals surface area contributed by atoms with Gasteiger partial charge in [-0.1, -0.05) is 23.2 Å². The number of amides is 2. The second-order valence-electron chi connectivity index (χ2n) is 8.81. The van der Waals surface area contributed by atoms with Crippen LogP contribution in [0.1, 0.15) is 78.6 Å². The van der Waals surface area contributed by atoms with Crippen LogP contribution in [0.15, 0.2) is 4.63 Å². The number of carbonyl (C=O) groups excluding carboxylic acids is 2. The van der Waals surface area contributed by atoms with Crippen LogP contribution in [0.5, 0.6) is 0 Å². The average molecular weight is 415 g/mol. The van der Waals surface area contributed by atoms with Gasteiger partial charge in [0.1, 0.15) is 11.4 Å². The average Bonchev–Trinajstić information content (AvgIpc) is 3.30. The fourth-order valence-corrected chi connectivity index (χ4v) is 4.55. The van der Waals surface area contributed by atoms with Crippen molar-refractivity contribution in [2.75, 3.05) is 13.1 Å². The summed E-state index contributed by atoms with van der Waals surface area (Å²) >= 11 is 0. The molecule has 1 fully saturated rings. The van der Waals surface area contributed by atoms with E-state index in [1.54, 1.807) is 11.8 Å². The van der Waals surface area contributed by atoms with Crippen LogP contribution in [0.3, 0.4) is 0 Å². The topological polar surface area (TPSA) is 117 Å². The zero-order chi connectivity index (χ0) is 21.1. The Morgan fingerprint density at radius 3 is 2.73 bits per heavy atom. The zero-order valence-corrected chi connectivity index (χ0v) is 17.8. The molecule has 0 radical (unpaired) electrons. The number of aryl methyl sites for hydroxylation is 2. The molecule has 2 amide bonds. The van der Waals surface area contributed by atoms with Crippen LogP contribution < -0.4 is 5.32 Å². The normalized spacial score (nSPS) is 22.1.